The Morgan fingerprint density at radius 1 is 1.03 bits per heavy atom. The highest BCUT2D eigenvalue weighted by atomic mass is 79.9. The molecule has 1 fully saturated rings. The molecule has 2 heterocycles. The number of carbonyl (C=O) groups excluding carboxylic acids is 5. The lowest BCUT2D eigenvalue weighted by Crippen LogP contribution is -2.54. The number of carbonyl (C=O) groups is 5. The van der Waals surface area contributed by atoms with Crippen molar-refractivity contribution in [3.8, 4) is 0 Å². The SMILES string of the molecule is O=C1CCC(N2C(=O)c3cccc(NC(=O)CCCCCCCCBr)c3C2=O)C(=O)N1. The van der Waals surface area contributed by atoms with Crippen LogP contribution in [0, 0.1) is 0 Å². The number of rotatable bonds is 10. The Kier molecular flexibility index (Phi) is 7.95. The summed E-state index contributed by atoms with van der Waals surface area (Å²) < 4.78 is 0. The maximum atomic E-state index is 13.0. The lowest BCUT2D eigenvalue weighted by molar-refractivity contribution is -0.136. The van der Waals surface area contributed by atoms with Crippen molar-refractivity contribution in [1.29, 1.82) is 0 Å². The molecule has 2 aliphatic rings. The molecule has 1 aromatic rings. The quantitative estimate of drug-likeness (QED) is 0.296. The van der Waals surface area contributed by atoms with Gasteiger partial charge in [-0.05, 0) is 31.4 Å². The number of hydrogen-bond acceptors (Lipinski definition) is 5. The Morgan fingerprint density at radius 2 is 1.74 bits per heavy atom. The predicted octanol–water partition coefficient (Wildman–Crippen LogP) is 3.15. The van der Waals surface area contributed by atoms with Crippen molar-refractivity contribution in [2.24, 2.45) is 0 Å². The van der Waals surface area contributed by atoms with Gasteiger partial charge in [-0.3, -0.25) is 34.2 Å². The summed E-state index contributed by atoms with van der Waals surface area (Å²) in [5, 5.41) is 5.93. The van der Waals surface area contributed by atoms with E-state index in [-0.39, 0.29) is 35.6 Å². The average Bonchev–Trinajstić information content (AvgIpc) is 2.99. The Hall–Kier alpha value is -2.55. The van der Waals surface area contributed by atoms with Crippen molar-refractivity contribution in [2.75, 3.05) is 10.6 Å². The van der Waals surface area contributed by atoms with Gasteiger partial charge in [0.1, 0.15) is 6.04 Å². The Morgan fingerprint density at radius 3 is 2.45 bits per heavy atom. The number of amides is 5. The van der Waals surface area contributed by atoms with Crippen LogP contribution < -0.4 is 10.6 Å². The summed E-state index contributed by atoms with van der Waals surface area (Å²) in [5.41, 5.74) is 0.521. The summed E-state index contributed by atoms with van der Waals surface area (Å²) in [5.74, 6) is -2.51. The van der Waals surface area contributed by atoms with Gasteiger partial charge in [-0.1, -0.05) is 47.7 Å². The van der Waals surface area contributed by atoms with Crippen LogP contribution in [0.3, 0.4) is 0 Å². The Bertz CT molecular complexity index is 901. The number of nitrogens with zero attached hydrogens (tertiary/aromatic N) is 1. The maximum absolute atomic E-state index is 13.0. The van der Waals surface area contributed by atoms with Crippen molar-refractivity contribution in [1.82, 2.24) is 10.2 Å². The molecule has 1 saturated heterocycles. The van der Waals surface area contributed by atoms with Crippen molar-refractivity contribution in [3.05, 3.63) is 29.3 Å². The summed E-state index contributed by atoms with van der Waals surface area (Å²) in [6.07, 6.45) is 6.75. The molecule has 0 bridgehead atoms. The van der Waals surface area contributed by atoms with Gasteiger partial charge in [-0.2, -0.15) is 0 Å². The molecular formula is C22H26BrN3O5. The van der Waals surface area contributed by atoms with Crippen LogP contribution in [0.5, 0.6) is 0 Å². The molecule has 0 radical (unpaired) electrons. The summed E-state index contributed by atoms with van der Waals surface area (Å²) in [4.78, 5) is 62.7. The van der Waals surface area contributed by atoms with Gasteiger partial charge in [0.2, 0.25) is 17.7 Å². The van der Waals surface area contributed by atoms with E-state index < -0.39 is 29.7 Å². The minimum atomic E-state index is -1.03. The van der Waals surface area contributed by atoms with Crippen LogP contribution in [0.15, 0.2) is 18.2 Å². The standard InChI is InChI=1S/C22H26BrN3O5/c23-13-6-4-2-1-3-5-10-17(27)24-15-9-7-8-14-19(15)22(31)26(21(14)30)16-11-12-18(28)25-20(16)29/h7-9,16H,1-6,10-13H2,(H,24,27)(H,25,28,29). The summed E-state index contributed by atoms with van der Waals surface area (Å²) >= 11 is 3.41. The molecule has 166 valence electrons. The first-order valence-corrected chi connectivity index (χ1v) is 11.8. The largest absolute Gasteiger partial charge is 0.325 e. The van der Waals surface area contributed by atoms with E-state index in [1.807, 2.05) is 0 Å². The second kappa shape index (κ2) is 10.7. The lowest BCUT2D eigenvalue weighted by atomic mass is 10.0. The van der Waals surface area contributed by atoms with Crippen LogP contribution in [0.4, 0.5) is 5.69 Å². The lowest BCUT2D eigenvalue weighted by Gasteiger charge is -2.27. The predicted molar refractivity (Wildman–Crippen MR) is 118 cm³/mol. The van der Waals surface area contributed by atoms with E-state index in [1.54, 1.807) is 12.1 Å². The number of hydrogen-bond donors (Lipinski definition) is 2. The van der Waals surface area contributed by atoms with E-state index in [0.29, 0.717) is 6.42 Å². The highest BCUT2D eigenvalue weighted by Gasteiger charge is 2.45. The molecule has 1 aromatic carbocycles. The van der Waals surface area contributed by atoms with Crippen molar-refractivity contribution < 1.29 is 24.0 Å². The molecule has 2 aliphatic heterocycles. The highest BCUT2D eigenvalue weighted by molar-refractivity contribution is 9.09. The highest BCUT2D eigenvalue weighted by Crippen LogP contribution is 2.32. The third-order valence-corrected chi connectivity index (χ3v) is 6.09. The normalized spacial score (nSPS) is 18.2. The second-order valence-corrected chi connectivity index (χ2v) is 8.58. The van der Waals surface area contributed by atoms with Crippen LogP contribution in [-0.2, 0) is 14.4 Å². The fourth-order valence-electron chi connectivity index (χ4n) is 3.92. The smallest absolute Gasteiger partial charge is 0.264 e. The Labute approximate surface area is 189 Å². The van der Waals surface area contributed by atoms with Gasteiger partial charge in [-0.25, -0.2) is 0 Å². The third-order valence-electron chi connectivity index (χ3n) is 5.53. The molecule has 3 rings (SSSR count). The van der Waals surface area contributed by atoms with Gasteiger partial charge in [0.15, 0.2) is 0 Å². The van der Waals surface area contributed by atoms with Crippen molar-refractivity contribution in [2.45, 2.75) is 63.8 Å². The van der Waals surface area contributed by atoms with Gasteiger partial charge in [0.25, 0.3) is 11.8 Å². The fourth-order valence-corrected chi connectivity index (χ4v) is 4.32. The number of imide groups is 2. The molecule has 5 amide bonds. The van der Waals surface area contributed by atoms with Crippen LogP contribution in [0.25, 0.3) is 0 Å². The monoisotopic (exact) mass is 491 g/mol. The van der Waals surface area contributed by atoms with Crippen LogP contribution in [0.1, 0.15) is 78.5 Å². The van der Waals surface area contributed by atoms with E-state index in [1.165, 1.54) is 12.5 Å². The number of unbranched alkanes of at least 4 members (excludes halogenated alkanes) is 5. The summed E-state index contributed by atoms with van der Waals surface area (Å²) in [6, 6.07) is 3.65. The number of halogens is 1. The molecule has 0 aromatic heterocycles. The van der Waals surface area contributed by atoms with E-state index in [9.17, 15) is 24.0 Å². The number of fused-ring (bicyclic) bond motifs is 1. The number of nitrogens with one attached hydrogen (secondary N) is 2. The van der Waals surface area contributed by atoms with Crippen LogP contribution >= 0.6 is 15.9 Å². The molecule has 0 spiro atoms. The van der Waals surface area contributed by atoms with Gasteiger partial charge < -0.3 is 5.32 Å². The summed E-state index contributed by atoms with van der Waals surface area (Å²) in [6.45, 7) is 0. The van der Waals surface area contributed by atoms with Crippen molar-refractivity contribution >= 4 is 51.2 Å². The number of anilines is 1. The zero-order valence-electron chi connectivity index (χ0n) is 17.2. The zero-order valence-corrected chi connectivity index (χ0v) is 18.8. The topological polar surface area (TPSA) is 113 Å². The fraction of sp³-hybridized carbons (Fsp3) is 0.500. The second-order valence-electron chi connectivity index (χ2n) is 7.78. The first-order valence-electron chi connectivity index (χ1n) is 10.6. The first kappa shape index (κ1) is 23.1. The minimum Gasteiger partial charge on any atom is -0.325 e. The van der Waals surface area contributed by atoms with Gasteiger partial charge >= 0.3 is 0 Å². The average molecular weight is 492 g/mol. The maximum Gasteiger partial charge on any atom is 0.264 e. The van der Waals surface area contributed by atoms with E-state index in [2.05, 4.69) is 26.6 Å². The van der Waals surface area contributed by atoms with Gasteiger partial charge in [0.05, 0.1) is 16.8 Å². The third kappa shape index (κ3) is 5.39. The van der Waals surface area contributed by atoms with Crippen LogP contribution in [-0.4, -0.2) is 45.8 Å². The van der Waals surface area contributed by atoms with E-state index in [0.717, 1.165) is 42.3 Å². The molecule has 0 aliphatic carbocycles. The molecule has 2 N–H and O–H groups in total. The Balaban J connectivity index is 1.62. The molecule has 1 atom stereocenters. The molecule has 1 unspecified atom stereocenters. The molecular weight excluding hydrogens is 466 g/mol. The minimum absolute atomic E-state index is 0.0590. The van der Waals surface area contributed by atoms with Gasteiger partial charge in [-0.15, -0.1) is 0 Å². The van der Waals surface area contributed by atoms with E-state index in [4.69, 9.17) is 0 Å². The number of benzene rings is 1. The van der Waals surface area contributed by atoms with E-state index >= 15 is 0 Å². The molecule has 31 heavy (non-hydrogen) atoms. The molecule has 9 heteroatoms. The first-order chi connectivity index (χ1) is 14.9. The van der Waals surface area contributed by atoms with Gasteiger partial charge in [0, 0.05) is 18.2 Å². The number of alkyl halides is 1. The summed E-state index contributed by atoms with van der Waals surface area (Å²) in [7, 11) is 0. The van der Waals surface area contributed by atoms with Crippen molar-refractivity contribution in [3.63, 3.8) is 0 Å². The number of piperidine rings is 1. The van der Waals surface area contributed by atoms with Crippen LogP contribution in [0.2, 0.25) is 0 Å². The molecule has 0 saturated carbocycles. The zero-order chi connectivity index (χ0) is 22.4. The molecule has 8 nitrogen and oxygen atoms in total.